The van der Waals surface area contributed by atoms with Crippen LogP contribution in [-0.4, -0.2) is 49.4 Å². The van der Waals surface area contributed by atoms with Crippen LogP contribution in [0.25, 0.3) is 11.1 Å². The number of hydrazone groups is 1. The summed E-state index contributed by atoms with van der Waals surface area (Å²) in [5.41, 5.74) is 7.38. The van der Waals surface area contributed by atoms with Crippen LogP contribution in [0.3, 0.4) is 0 Å². The first-order valence-corrected chi connectivity index (χ1v) is 9.61. The topological polar surface area (TPSA) is 78.0 Å². The molecule has 1 unspecified atom stereocenters. The fraction of sp³-hybridized carbons (Fsp3) is 0.300. The van der Waals surface area contributed by atoms with Gasteiger partial charge in [0.05, 0.1) is 6.04 Å². The van der Waals surface area contributed by atoms with Crippen LogP contribution >= 0.6 is 11.6 Å². The molecular formula is C20H20ClN5O2. The number of amides is 2. The van der Waals surface area contributed by atoms with Crippen LogP contribution < -0.4 is 20.8 Å². The summed E-state index contributed by atoms with van der Waals surface area (Å²) < 4.78 is 5.99. The third-order valence-electron chi connectivity index (χ3n) is 5.43. The standard InChI is InChI=1S/C20H20ClN5O2/c1-26-19-15-6-16(23-13-8-22-9-13)14(11-2-4-12(21)5-3-11)7-18(15)28-10-17(19)24-25-20(26)27/h2-7,13,19,22-23H,8-10H2,1H3,(H,25,27). The second kappa shape index (κ2) is 6.68. The molecule has 144 valence electrons. The molecule has 0 aliphatic carbocycles. The first-order chi connectivity index (χ1) is 13.6. The highest BCUT2D eigenvalue weighted by molar-refractivity contribution is 6.30. The Morgan fingerprint density at radius 1 is 1.25 bits per heavy atom. The lowest BCUT2D eigenvalue weighted by atomic mass is 9.92. The molecule has 0 bridgehead atoms. The molecule has 7 nitrogen and oxygen atoms in total. The Kier molecular flexibility index (Phi) is 4.14. The summed E-state index contributed by atoms with van der Waals surface area (Å²) >= 11 is 6.07. The van der Waals surface area contributed by atoms with Gasteiger partial charge in [-0.05, 0) is 29.8 Å². The molecule has 0 spiro atoms. The van der Waals surface area contributed by atoms with Crippen LogP contribution in [0, 0.1) is 0 Å². The second-order valence-electron chi connectivity index (χ2n) is 7.26. The van der Waals surface area contributed by atoms with Gasteiger partial charge in [-0.15, -0.1) is 0 Å². The third-order valence-corrected chi connectivity index (χ3v) is 5.69. The van der Waals surface area contributed by atoms with E-state index in [4.69, 9.17) is 16.3 Å². The van der Waals surface area contributed by atoms with Crippen LogP contribution in [0.2, 0.25) is 5.02 Å². The van der Waals surface area contributed by atoms with Gasteiger partial charge in [0.1, 0.15) is 24.1 Å². The predicted molar refractivity (Wildman–Crippen MR) is 109 cm³/mol. The zero-order chi connectivity index (χ0) is 19.3. The largest absolute Gasteiger partial charge is 0.487 e. The maximum Gasteiger partial charge on any atom is 0.338 e. The van der Waals surface area contributed by atoms with Gasteiger partial charge < -0.3 is 20.3 Å². The number of benzene rings is 2. The fourth-order valence-corrected chi connectivity index (χ4v) is 3.91. The maximum atomic E-state index is 12.1. The molecule has 1 saturated heterocycles. The van der Waals surface area contributed by atoms with Crippen molar-refractivity contribution in [2.45, 2.75) is 12.1 Å². The smallest absolute Gasteiger partial charge is 0.338 e. The van der Waals surface area contributed by atoms with Gasteiger partial charge in [0.15, 0.2) is 0 Å². The summed E-state index contributed by atoms with van der Waals surface area (Å²) in [5, 5.41) is 11.8. The minimum atomic E-state index is -0.225. The molecule has 3 heterocycles. The SMILES string of the molecule is CN1C(=O)NN=C2COc3cc(-c4ccc(Cl)cc4)c(NC4CNC4)cc3C21. The minimum absolute atomic E-state index is 0.221. The Labute approximate surface area is 167 Å². The van der Waals surface area contributed by atoms with Crippen molar-refractivity contribution < 1.29 is 9.53 Å². The molecule has 1 fully saturated rings. The highest BCUT2D eigenvalue weighted by Crippen LogP contribution is 2.42. The number of anilines is 1. The van der Waals surface area contributed by atoms with Gasteiger partial charge in [-0.25, -0.2) is 10.2 Å². The van der Waals surface area contributed by atoms with Crippen LogP contribution in [0.15, 0.2) is 41.5 Å². The molecule has 28 heavy (non-hydrogen) atoms. The zero-order valence-corrected chi connectivity index (χ0v) is 16.1. The Morgan fingerprint density at radius 2 is 2.04 bits per heavy atom. The van der Waals surface area contributed by atoms with Gasteiger partial charge >= 0.3 is 6.03 Å². The molecule has 5 rings (SSSR count). The van der Waals surface area contributed by atoms with Crippen molar-refractivity contribution in [3.63, 3.8) is 0 Å². The number of halogens is 1. The molecule has 3 N–H and O–H groups in total. The molecule has 8 heteroatoms. The first kappa shape index (κ1) is 17.3. The quantitative estimate of drug-likeness (QED) is 0.744. The van der Waals surface area contributed by atoms with Crippen molar-refractivity contribution in [2.75, 3.05) is 32.1 Å². The number of carbonyl (C=O) groups is 1. The lowest BCUT2D eigenvalue weighted by molar-refractivity contribution is 0.192. The molecule has 1 atom stereocenters. The highest BCUT2D eigenvalue weighted by Gasteiger charge is 2.37. The van der Waals surface area contributed by atoms with E-state index in [1.165, 1.54) is 0 Å². The Hall–Kier alpha value is -2.77. The first-order valence-electron chi connectivity index (χ1n) is 9.23. The van der Waals surface area contributed by atoms with Gasteiger partial charge in [-0.2, -0.15) is 5.10 Å². The average molecular weight is 398 g/mol. The predicted octanol–water partition coefficient (Wildman–Crippen LogP) is 2.84. The monoisotopic (exact) mass is 397 g/mol. The van der Waals surface area contributed by atoms with Gasteiger partial charge in [-0.3, -0.25) is 0 Å². The Morgan fingerprint density at radius 3 is 2.75 bits per heavy atom. The van der Waals surface area contributed by atoms with E-state index in [1.807, 2.05) is 30.3 Å². The second-order valence-corrected chi connectivity index (χ2v) is 7.70. The number of nitrogens with zero attached hydrogens (tertiary/aromatic N) is 2. The minimum Gasteiger partial charge on any atom is -0.487 e. The van der Waals surface area contributed by atoms with Crippen LogP contribution in [0.4, 0.5) is 10.5 Å². The van der Waals surface area contributed by atoms with Crippen molar-refractivity contribution in [1.29, 1.82) is 0 Å². The summed E-state index contributed by atoms with van der Waals surface area (Å²) in [7, 11) is 1.78. The number of carbonyl (C=O) groups excluding carboxylic acids is 1. The number of fused-ring (bicyclic) bond motifs is 3. The highest BCUT2D eigenvalue weighted by atomic mass is 35.5. The summed E-state index contributed by atoms with van der Waals surface area (Å²) in [4.78, 5) is 13.8. The number of hydrogen-bond acceptors (Lipinski definition) is 5. The van der Waals surface area contributed by atoms with Crippen LogP contribution in [0.5, 0.6) is 5.75 Å². The van der Waals surface area contributed by atoms with Gasteiger partial charge in [0.2, 0.25) is 0 Å². The van der Waals surface area contributed by atoms with Crippen LogP contribution in [-0.2, 0) is 0 Å². The number of rotatable bonds is 3. The van der Waals surface area contributed by atoms with Gasteiger partial charge in [-0.1, -0.05) is 23.7 Å². The van der Waals surface area contributed by atoms with E-state index in [9.17, 15) is 4.79 Å². The summed E-state index contributed by atoms with van der Waals surface area (Å²) in [6.45, 7) is 2.19. The molecule has 2 aromatic rings. The van der Waals surface area contributed by atoms with E-state index in [0.717, 1.165) is 46.9 Å². The lowest BCUT2D eigenvalue weighted by Crippen LogP contribution is -2.51. The molecular weight excluding hydrogens is 378 g/mol. The normalized spacial score (nSPS) is 20.9. The van der Waals surface area contributed by atoms with E-state index >= 15 is 0 Å². The average Bonchev–Trinajstić information content (AvgIpc) is 2.67. The Balaban J connectivity index is 1.63. The molecule has 3 aliphatic rings. The van der Waals surface area contributed by atoms with E-state index in [0.29, 0.717) is 17.7 Å². The van der Waals surface area contributed by atoms with Gasteiger partial charge in [0, 0.05) is 42.0 Å². The molecule has 2 aromatic carbocycles. The number of hydrogen-bond donors (Lipinski definition) is 3. The fourth-order valence-electron chi connectivity index (χ4n) is 3.79. The van der Waals surface area contributed by atoms with E-state index in [2.05, 4.69) is 27.2 Å². The van der Waals surface area contributed by atoms with Crippen molar-refractivity contribution >= 4 is 29.0 Å². The van der Waals surface area contributed by atoms with Crippen LogP contribution in [0.1, 0.15) is 11.6 Å². The van der Waals surface area contributed by atoms with E-state index < -0.39 is 0 Å². The van der Waals surface area contributed by atoms with Crippen molar-refractivity contribution in [3.05, 3.63) is 47.0 Å². The summed E-state index contributed by atoms with van der Waals surface area (Å²) in [6.07, 6.45) is 0. The van der Waals surface area contributed by atoms with Crippen molar-refractivity contribution in [2.24, 2.45) is 5.10 Å². The Bertz CT molecular complexity index is 971. The molecule has 0 saturated carbocycles. The molecule has 0 aromatic heterocycles. The van der Waals surface area contributed by atoms with Crippen molar-refractivity contribution in [1.82, 2.24) is 15.6 Å². The molecule has 0 radical (unpaired) electrons. The number of urea groups is 1. The van der Waals surface area contributed by atoms with Crippen molar-refractivity contribution in [3.8, 4) is 16.9 Å². The lowest BCUT2D eigenvalue weighted by Gasteiger charge is -2.37. The number of ether oxygens (including phenoxy) is 1. The van der Waals surface area contributed by atoms with E-state index in [-0.39, 0.29) is 12.1 Å². The summed E-state index contributed by atoms with van der Waals surface area (Å²) in [5.74, 6) is 0.771. The van der Waals surface area contributed by atoms with Gasteiger partial charge in [0.25, 0.3) is 0 Å². The summed E-state index contributed by atoms with van der Waals surface area (Å²) in [6, 6.07) is 11.8. The zero-order valence-electron chi connectivity index (χ0n) is 15.3. The maximum absolute atomic E-state index is 12.1. The van der Waals surface area contributed by atoms with E-state index in [1.54, 1.807) is 11.9 Å². The number of nitrogens with one attached hydrogen (secondary N) is 3. The molecule has 2 amide bonds. The third kappa shape index (κ3) is 2.87. The molecule has 3 aliphatic heterocycles.